The number of nitrogens with zero attached hydrogens (tertiary/aromatic N) is 2. The zero-order chi connectivity index (χ0) is 19.6. The molecule has 2 N–H and O–H groups in total. The van der Waals surface area contributed by atoms with Crippen LogP contribution in [0.3, 0.4) is 0 Å². The van der Waals surface area contributed by atoms with Gasteiger partial charge in [-0.15, -0.1) is 0 Å². The molecule has 1 heterocycles. The summed E-state index contributed by atoms with van der Waals surface area (Å²) in [5.74, 6) is 0.195. The molecule has 0 amide bonds. The summed E-state index contributed by atoms with van der Waals surface area (Å²) in [4.78, 5) is 0. The highest BCUT2D eigenvalue weighted by molar-refractivity contribution is 5.79. The molecular weight excluding hydrogens is 357 g/mol. The van der Waals surface area contributed by atoms with Gasteiger partial charge in [0.15, 0.2) is 0 Å². The molecule has 0 aliphatic carbocycles. The fourth-order valence-electron chi connectivity index (χ4n) is 2.79. The number of aromatic nitrogens is 3. The van der Waals surface area contributed by atoms with Gasteiger partial charge >= 0.3 is 6.18 Å². The lowest BCUT2D eigenvalue weighted by molar-refractivity contribution is -0.137. The van der Waals surface area contributed by atoms with Crippen LogP contribution in [0.4, 0.5) is 13.2 Å². The van der Waals surface area contributed by atoms with Gasteiger partial charge in [0.25, 0.3) is 0 Å². The molecule has 0 bridgehead atoms. The third-order valence-electron chi connectivity index (χ3n) is 4.23. The van der Waals surface area contributed by atoms with E-state index in [4.69, 9.17) is 10.1 Å². The van der Waals surface area contributed by atoms with E-state index in [0.717, 1.165) is 12.1 Å². The van der Waals surface area contributed by atoms with Crippen LogP contribution >= 0.6 is 0 Å². The third kappa shape index (κ3) is 3.69. The van der Waals surface area contributed by atoms with Crippen LogP contribution in [0.15, 0.2) is 42.5 Å². The lowest BCUT2D eigenvalue weighted by Gasteiger charge is -2.13. The van der Waals surface area contributed by atoms with Crippen molar-refractivity contribution >= 4 is 6.21 Å². The molecule has 0 saturated carbocycles. The van der Waals surface area contributed by atoms with Crippen LogP contribution < -0.4 is 4.74 Å². The Hall–Kier alpha value is -3.16. The second-order valence-corrected chi connectivity index (χ2v) is 6.01. The maximum atomic E-state index is 13.1. The van der Waals surface area contributed by atoms with Crippen LogP contribution in [0.5, 0.6) is 5.75 Å². The lowest BCUT2D eigenvalue weighted by Crippen LogP contribution is -2.04. The summed E-state index contributed by atoms with van der Waals surface area (Å²) in [5, 5.41) is 18.2. The smallest absolute Gasteiger partial charge is 0.416 e. The topological polar surface area (TPSA) is 74.7 Å². The molecule has 27 heavy (non-hydrogen) atoms. The summed E-state index contributed by atoms with van der Waals surface area (Å²) >= 11 is 0. The first-order valence-electron chi connectivity index (χ1n) is 8.12. The second kappa shape index (κ2) is 7.22. The van der Waals surface area contributed by atoms with Crippen molar-refractivity contribution in [2.45, 2.75) is 19.0 Å². The van der Waals surface area contributed by atoms with Crippen molar-refractivity contribution in [1.29, 1.82) is 5.41 Å². The van der Waals surface area contributed by atoms with Gasteiger partial charge in [-0.2, -0.15) is 28.6 Å². The number of alkyl halides is 3. The standard InChI is InChI=1S/C19H17F3N4O/c1-11(10-23)17-18(25-26-24-17)13-6-7-16(27-2)15(9-13)12-4-3-5-14(8-12)19(20,21)22/h3-11,23H,1-2H3,(H,24,25,26). The summed E-state index contributed by atoms with van der Waals surface area (Å²) in [6.07, 6.45) is -3.18. The SMILES string of the molecule is COc1ccc(-c2n[nH]nc2C(C)C=N)cc1-c1cccc(C(F)(F)F)c1. The van der Waals surface area contributed by atoms with Crippen molar-refractivity contribution in [2.24, 2.45) is 0 Å². The molecule has 140 valence electrons. The monoisotopic (exact) mass is 374 g/mol. The minimum atomic E-state index is -4.43. The number of halogens is 3. The molecule has 1 unspecified atom stereocenters. The molecule has 0 fully saturated rings. The number of hydrogen-bond donors (Lipinski definition) is 2. The van der Waals surface area contributed by atoms with E-state index >= 15 is 0 Å². The number of H-pyrrole nitrogens is 1. The molecule has 2 aromatic carbocycles. The van der Waals surface area contributed by atoms with E-state index in [1.54, 1.807) is 24.3 Å². The maximum Gasteiger partial charge on any atom is 0.416 e. The highest BCUT2D eigenvalue weighted by atomic mass is 19.4. The molecule has 8 heteroatoms. The van der Waals surface area contributed by atoms with Gasteiger partial charge in [0.05, 0.1) is 18.4 Å². The van der Waals surface area contributed by atoms with Crippen LogP contribution in [0.2, 0.25) is 0 Å². The number of methoxy groups -OCH3 is 1. The van der Waals surface area contributed by atoms with Crippen LogP contribution in [-0.4, -0.2) is 28.7 Å². The first kappa shape index (κ1) is 18.6. The van der Waals surface area contributed by atoms with Crippen molar-refractivity contribution in [2.75, 3.05) is 7.11 Å². The quantitative estimate of drug-likeness (QED) is 0.623. The number of aromatic amines is 1. The van der Waals surface area contributed by atoms with Gasteiger partial charge in [-0.3, -0.25) is 0 Å². The van der Waals surface area contributed by atoms with Crippen molar-refractivity contribution in [3.63, 3.8) is 0 Å². The summed E-state index contributed by atoms with van der Waals surface area (Å²) in [6, 6.07) is 10.2. The third-order valence-corrected chi connectivity index (χ3v) is 4.23. The largest absolute Gasteiger partial charge is 0.496 e. The van der Waals surface area contributed by atoms with Gasteiger partial charge in [0.2, 0.25) is 0 Å². The van der Waals surface area contributed by atoms with Gasteiger partial charge in [-0.05, 0) is 35.9 Å². The lowest BCUT2D eigenvalue weighted by atomic mass is 9.96. The zero-order valence-corrected chi connectivity index (χ0v) is 14.6. The Labute approximate surface area is 153 Å². The normalized spacial score (nSPS) is 12.6. The van der Waals surface area contributed by atoms with Crippen LogP contribution in [0.1, 0.15) is 24.1 Å². The fraction of sp³-hybridized carbons (Fsp3) is 0.211. The highest BCUT2D eigenvalue weighted by Crippen LogP contribution is 2.38. The molecule has 0 radical (unpaired) electrons. The Morgan fingerprint density at radius 1 is 1.11 bits per heavy atom. The number of benzene rings is 2. The minimum Gasteiger partial charge on any atom is -0.496 e. The van der Waals surface area contributed by atoms with E-state index in [1.165, 1.54) is 19.4 Å². The molecule has 0 spiro atoms. The fourth-order valence-corrected chi connectivity index (χ4v) is 2.79. The van der Waals surface area contributed by atoms with E-state index in [-0.39, 0.29) is 5.92 Å². The van der Waals surface area contributed by atoms with Crippen molar-refractivity contribution in [3.8, 4) is 28.1 Å². The Bertz CT molecular complexity index is 966. The Morgan fingerprint density at radius 2 is 1.89 bits per heavy atom. The van der Waals surface area contributed by atoms with E-state index in [0.29, 0.717) is 33.8 Å². The Balaban J connectivity index is 2.14. The molecule has 0 aliphatic heterocycles. The molecule has 0 saturated heterocycles. The van der Waals surface area contributed by atoms with Crippen LogP contribution in [0, 0.1) is 5.41 Å². The van der Waals surface area contributed by atoms with Gasteiger partial charge in [0.1, 0.15) is 11.4 Å². The molecule has 1 atom stereocenters. The Kier molecular flexibility index (Phi) is 4.98. The molecule has 3 rings (SSSR count). The van der Waals surface area contributed by atoms with Gasteiger partial charge in [-0.1, -0.05) is 19.1 Å². The van der Waals surface area contributed by atoms with Crippen molar-refractivity contribution < 1.29 is 17.9 Å². The average molecular weight is 374 g/mol. The first-order valence-corrected chi connectivity index (χ1v) is 8.12. The average Bonchev–Trinajstić information content (AvgIpc) is 3.16. The van der Waals surface area contributed by atoms with Gasteiger partial charge < -0.3 is 10.1 Å². The zero-order valence-electron chi connectivity index (χ0n) is 14.6. The molecule has 3 aromatic rings. The first-order chi connectivity index (χ1) is 12.8. The number of ether oxygens (including phenoxy) is 1. The molecule has 0 aliphatic rings. The highest BCUT2D eigenvalue weighted by Gasteiger charge is 2.30. The van der Waals surface area contributed by atoms with Crippen molar-refractivity contribution in [1.82, 2.24) is 15.4 Å². The summed E-state index contributed by atoms with van der Waals surface area (Å²) in [6.45, 7) is 1.81. The minimum absolute atomic E-state index is 0.252. The van der Waals surface area contributed by atoms with Crippen LogP contribution in [0.25, 0.3) is 22.4 Å². The van der Waals surface area contributed by atoms with Gasteiger partial charge in [0, 0.05) is 23.3 Å². The molecule has 1 aromatic heterocycles. The Morgan fingerprint density at radius 3 is 2.56 bits per heavy atom. The summed E-state index contributed by atoms with van der Waals surface area (Å²) < 4.78 is 44.6. The second-order valence-electron chi connectivity index (χ2n) is 6.01. The molecule has 5 nitrogen and oxygen atoms in total. The number of rotatable bonds is 5. The van der Waals surface area contributed by atoms with Crippen LogP contribution in [-0.2, 0) is 6.18 Å². The van der Waals surface area contributed by atoms with E-state index in [1.807, 2.05) is 6.92 Å². The van der Waals surface area contributed by atoms with E-state index in [9.17, 15) is 13.2 Å². The summed E-state index contributed by atoms with van der Waals surface area (Å²) in [5.41, 5.74) is 1.96. The maximum absolute atomic E-state index is 13.1. The number of nitrogens with one attached hydrogen (secondary N) is 2. The molecular formula is C19H17F3N4O. The number of hydrogen-bond acceptors (Lipinski definition) is 4. The van der Waals surface area contributed by atoms with Gasteiger partial charge in [-0.25, -0.2) is 0 Å². The predicted octanol–water partition coefficient (Wildman–Crippen LogP) is 4.92. The summed E-state index contributed by atoms with van der Waals surface area (Å²) in [7, 11) is 1.46. The van der Waals surface area contributed by atoms with E-state index < -0.39 is 11.7 Å². The van der Waals surface area contributed by atoms with Crippen molar-refractivity contribution in [3.05, 3.63) is 53.7 Å². The predicted molar refractivity (Wildman–Crippen MR) is 96.0 cm³/mol. The van der Waals surface area contributed by atoms with E-state index in [2.05, 4.69) is 15.4 Å².